The summed E-state index contributed by atoms with van der Waals surface area (Å²) in [6.07, 6.45) is 4.45. The third kappa shape index (κ3) is 0.716. The first-order chi connectivity index (χ1) is 3.43. The van der Waals surface area contributed by atoms with Crippen LogP contribution in [0.2, 0.25) is 0 Å². The minimum atomic E-state index is 0.611. The number of hydrogen-bond acceptors (Lipinski definition) is 2. The lowest BCUT2D eigenvalue weighted by Gasteiger charge is -1.77. The SMILES string of the molecule is N#CC1=CNC[C]1. The number of hydrogen-bond donors (Lipinski definition) is 1. The zero-order valence-electron chi connectivity index (χ0n) is 3.73. The highest BCUT2D eigenvalue weighted by Gasteiger charge is 2.00. The fraction of sp³-hybridized carbons (Fsp3) is 0.200. The fourth-order valence-electron chi connectivity index (χ4n) is 0.422. The molecule has 0 saturated heterocycles. The van der Waals surface area contributed by atoms with Crippen LogP contribution in [0, 0.1) is 17.8 Å². The summed E-state index contributed by atoms with van der Waals surface area (Å²) in [5.41, 5.74) is 0.611. The quantitative estimate of drug-likeness (QED) is 0.459. The highest BCUT2D eigenvalue weighted by Crippen LogP contribution is 1.99. The molecule has 0 aliphatic carbocycles. The standard InChI is InChI=1S/C5H4N2/c6-3-5-1-2-7-4-5/h4,7H,2H2. The van der Waals surface area contributed by atoms with Crippen LogP contribution in [0.15, 0.2) is 11.8 Å². The van der Waals surface area contributed by atoms with Crippen molar-refractivity contribution in [2.75, 3.05) is 6.54 Å². The highest BCUT2D eigenvalue weighted by atomic mass is 14.8. The minimum absolute atomic E-state index is 0.611. The molecule has 1 aliphatic rings. The van der Waals surface area contributed by atoms with E-state index in [-0.39, 0.29) is 0 Å². The molecule has 0 bridgehead atoms. The lowest BCUT2D eigenvalue weighted by molar-refractivity contribution is 1.00. The Morgan fingerprint density at radius 3 is 3.14 bits per heavy atom. The summed E-state index contributed by atoms with van der Waals surface area (Å²) in [4.78, 5) is 0. The molecule has 0 aromatic rings. The van der Waals surface area contributed by atoms with Crippen molar-refractivity contribution in [3.63, 3.8) is 0 Å². The maximum Gasteiger partial charge on any atom is 0.0969 e. The van der Waals surface area contributed by atoms with Crippen molar-refractivity contribution in [2.45, 2.75) is 0 Å². The van der Waals surface area contributed by atoms with E-state index >= 15 is 0 Å². The van der Waals surface area contributed by atoms with Gasteiger partial charge >= 0.3 is 0 Å². The van der Waals surface area contributed by atoms with E-state index in [1.165, 1.54) is 0 Å². The first kappa shape index (κ1) is 4.20. The van der Waals surface area contributed by atoms with Gasteiger partial charge in [0.05, 0.1) is 18.1 Å². The average Bonchev–Trinajstić information content (AvgIpc) is 2.14. The maximum absolute atomic E-state index is 8.15. The van der Waals surface area contributed by atoms with Gasteiger partial charge in [-0.3, -0.25) is 0 Å². The number of nitrogens with one attached hydrogen (secondary N) is 1. The molecule has 0 amide bonds. The van der Waals surface area contributed by atoms with E-state index in [4.69, 9.17) is 5.26 Å². The van der Waals surface area contributed by atoms with Crippen LogP contribution in [-0.4, -0.2) is 6.54 Å². The first-order valence-electron chi connectivity index (χ1n) is 2.01. The van der Waals surface area contributed by atoms with E-state index in [1.54, 1.807) is 6.20 Å². The van der Waals surface area contributed by atoms with E-state index in [2.05, 4.69) is 11.7 Å². The molecule has 1 heterocycles. The summed E-state index contributed by atoms with van der Waals surface area (Å²) in [5.74, 6) is 0. The molecule has 1 aliphatic heterocycles. The van der Waals surface area contributed by atoms with Crippen LogP contribution in [0.5, 0.6) is 0 Å². The first-order valence-corrected chi connectivity index (χ1v) is 2.01. The van der Waals surface area contributed by atoms with E-state index in [0.717, 1.165) is 0 Å². The molecule has 0 aromatic carbocycles. The second kappa shape index (κ2) is 1.65. The molecule has 0 saturated carbocycles. The van der Waals surface area contributed by atoms with Crippen LogP contribution in [0.3, 0.4) is 0 Å². The van der Waals surface area contributed by atoms with Gasteiger partial charge in [0.2, 0.25) is 0 Å². The molecule has 0 aromatic heterocycles. The smallest absolute Gasteiger partial charge is 0.0969 e. The second-order valence-corrected chi connectivity index (χ2v) is 1.23. The zero-order valence-corrected chi connectivity index (χ0v) is 3.73. The van der Waals surface area contributed by atoms with Crippen molar-refractivity contribution in [3.05, 3.63) is 18.2 Å². The summed E-state index contributed by atoms with van der Waals surface area (Å²) in [6.45, 7) is 0.683. The highest BCUT2D eigenvalue weighted by molar-refractivity contribution is 5.32. The zero-order chi connectivity index (χ0) is 5.11. The van der Waals surface area contributed by atoms with Crippen molar-refractivity contribution in [3.8, 4) is 6.07 Å². The Labute approximate surface area is 42.4 Å². The molecule has 2 heteroatoms. The van der Waals surface area contributed by atoms with Gasteiger partial charge in [0.1, 0.15) is 0 Å². The molecule has 7 heavy (non-hydrogen) atoms. The van der Waals surface area contributed by atoms with Gasteiger partial charge in [-0.2, -0.15) is 5.26 Å². The van der Waals surface area contributed by atoms with Crippen LogP contribution in [-0.2, 0) is 0 Å². The van der Waals surface area contributed by atoms with Gasteiger partial charge < -0.3 is 5.32 Å². The van der Waals surface area contributed by atoms with Crippen molar-refractivity contribution >= 4 is 0 Å². The van der Waals surface area contributed by atoms with Crippen LogP contribution in [0.1, 0.15) is 0 Å². The van der Waals surface area contributed by atoms with E-state index < -0.39 is 0 Å². The summed E-state index contributed by atoms with van der Waals surface area (Å²) < 4.78 is 0. The number of nitrogens with zero attached hydrogens (tertiary/aromatic N) is 1. The van der Waals surface area contributed by atoms with E-state index in [0.29, 0.717) is 12.1 Å². The monoisotopic (exact) mass is 92.0 g/mol. The summed E-state index contributed by atoms with van der Waals surface area (Å²) in [6, 6.07) is 1.95. The average molecular weight is 92.1 g/mol. The lowest BCUT2D eigenvalue weighted by Crippen LogP contribution is -1.97. The predicted molar refractivity (Wildman–Crippen MR) is 24.9 cm³/mol. The Kier molecular flexibility index (Phi) is 0.991. The van der Waals surface area contributed by atoms with Gasteiger partial charge in [-0.15, -0.1) is 0 Å². The number of nitriles is 1. The van der Waals surface area contributed by atoms with Crippen molar-refractivity contribution in [1.82, 2.24) is 5.32 Å². The Balaban J connectivity index is 2.57. The molecule has 0 spiro atoms. The molecule has 34 valence electrons. The van der Waals surface area contributed by atoms with Crippen LogP contribution in [0.25, 0.3) is 0 Å². The Morgan fingerprint density at radius 2 is 2.86 bits per heavy atom. The van der Waals surface area contributed by atoms with Gasteiger partial charge in [0.15, 0.2) is 0 Å². The molecule has 2 nitrogen and oxygen atoms in total. The number of rotatable bonds is 0. The molecule has 0 unspecified atom stereocenters. The third-order valence-electron chi connectivity index (χ3n) is 0.748. The van der Waals surface area contributed by atoms with Gasteiger partial charge in [0.25, 0.3) is 0 Å². The van der Waals surface area contributed by atoms with Crippen molar-refractivity contribution in [2.24, 2.45) is 0 Å². The lowest BCUT2D eigenvalue weighted by atomic mass is 10.3. The van der Waals surface area contributed by atoms with Crippen LogP contribution >= 0.6 is 0 Å². The van der Waals surface area contributed by atoms with Crippen LogP contribution in [0.4, 0.5) is 0 Å². The summed E-state index contributed by atoms with van der Waals surface area (Å²) >= 11 is 0. The molecule has 1 N–H and O–H groups in total. The maximum atomic E-state index is 8.15. The Hall–Kier alpha value is -0.970. The normalized spacial score (nSPS) is 17.3. The van der Waals surface area contributed by atoms with E-state index in [9.17, 15) is 0 Å². The van der Waals surface area contributed by atoms with Crippen LogP contribution < -0.4 is 5.32 Å². The van der Waals surface area contributed by atoms with E-state index in [1.807, 2.05) is 6.07 Å². The van der Waals surface area contributed by atoms with Gasteiger partial charge in [-0.05, 0) is 0 Å². The molecular weight excluding hydrogens is 88.1 g/mol. The largest absolute Gasteiger partial charge is 0.389 e. The summed E-state index contributed by atoms with van der Waals surface area (Å²) in [5, 5.41) is 11.0. The van der Waals surface area contributed by atoms with Gasteiger partial charge in [-0.1, -0.05) is 0 Å². The third-order valence-corrected chi connectivity index (χ3v) is 0.748. The summed E-state index contributed by atoms with van der Waals surface area (Å²) in [7, 11) is 0. The molecule has 0 atom stereocenters. The second-order valence-electron chi connectivity index (χ2n) is 1.23. The molecule has 2 radical (unpaired) electrons. The topological polar surface area (TPSA) is 35.8 Å². The minimum Gasteiger partial charge on any atom is -0.389 e. The Morgan fingerprint density at radius 1 is 2.00 bits per heavy atom. The molecular formula is C5H4N2. The predicted octanol–water partition coefficient (Wildman–Crippen LogP) is 0.0784. The Bertz CT molecular complexity index is 130. The van der Waals surface area contributed by atoms with Crippen molar-refractivity contribution < 1.29 is 0 Å². The van der Waals surface area contributed by atoms with Gasteiger partial charge in [-0.25, -0.2) is 0 Å². The molecule has 1 rings (SSSR count). The fourth-order valence-corrected chi connectivity index (χ4v) is 0.422. The van der Waals surface area contributed by atoms with Gasteiger partial charge in [0, 0.05) is 12.7 Å². The van der Waals surface area contributed by atoms with Crippen molar-refractivity contribution in [1.29, 1.82) is 5.26 Å². The molecule has 0 fully saturated rings.